The van der Waals surface area contributed by atoms with Crippen LogP contribution in [0.5, 0.6) is 0 Å². The third-order valence-corrected chi connectivity index (χ3v) is 3.86. The van der Waals surface area contributed by atoms with Crippen LogP contribution in [-0.4, -0.2) is 46.5 Å². The molecule has 1 aliphatic rings. The maximum Gasteiger partial charge on any atom is 0.305 e. The van der Waals surface area contributed by atoms with Crippen molar-refractivity contribution in [2.24, 2.45) is 0 Å². The predicted octanol–water partition coefficient (Wildman–Crippen LogP) is 1.88. The molecule has 1 fully saturated rings. The maximum atomic E-state index is 10.7. The van der Waals surface area contributed by atoms with Crippen LogP contribution in [0.3, 0.4) is 0 Å². The highest BCUT2D eigenvalue weighted by Gasteiger charge is 2.28. The summed E-state index contributed by atoms with van der Waals surface area (Å²) in [5, 5.41) is 10.7. The van der Waals surface area contributed by atoms with Gasteiger partial charge in [0, 0.05) is 19.6 Å². The van der Waals surface area contributed by atoms with Gasteiger partial charge < -0.3 is 9.80 Å². The number of hydrogen-bond donors (Lipinski definition) is 0. The summed E-state index contributed by atoms with van der Waals surface area (Å²) >= 11 is 0. The molecule has 0 saturated carbocycles. The van der Waals surface area contributed by atoms with Crippen LogP contribution in [0.15, 0.2) is 42.7 Å². The van der Waals surface area contributed by atoms with Crippen LogP contribution in [0.1, 0.15) is 11.6 Å². The zero-order valence-corrected chi connectivity index (χ0v) is 12.3. The van der Waals surface area contributed by atoms with E-state index in [0.29, 0.717) is 5.95 Å². The van der Waals surface area contributed by atoms with Crippen molar-refractivity contribution >= 4 is 11.6 Å². The predicted molar refractivity (Wildman–Crippen MR) is 82.7 cm³/mol. The number of aromatic nitrogens is 2. The molecule has 0 spiro atoms. The van der Waals surface area contributed by atoms with Crippen LogP contribution in [0, 0.1) is 10.1 Å². The molecular formula is C15H17N5O2. The Bertz CT molecular complexity index is 647. The normalized spacial score (nSPS) is 19.1. The molecule has 1 aromatic carbocycles. The van der Waals surface area contributed by atoms with Crippen LogP contribution in [0.25, 0.3) is 0 Å². The number of rotatable bonds is 3. The monoisotopic (exact) mass is 299 g/mol. The fraction of sp³-hybridized carbons (Fsp3) is 0.333. The molecule has 1 aromatic heterocycles. The molecule has 1 saturated heterocycles. The van der Waals surface area contributed by atoms with Crippen molar-refractivity contribution < 1.29 is 4.92 Å². The second-order valence-corrected chi connectivity index (χ2v) is 5.38. The molecule has 1 atom stereocenters. The molecule has 7 heteroatoms. The van der Waals surface area contributed by atoms with Crippen molar-refractivity contribution in [1.29, 1.82) is 0 Å². The number of nitro groups is 1. The average molecular weight is 299 g/mol. The molecule has 0 radical (unpaired) electrons. The number of hydrogen-bond acceptors (Lipinski definition) is 6. The van der Waals surface area contributed by atoms with Gasteiger partial charge in [-0.3, -0.25) is 10.1 Å². The number of anilines is 1. The molecule has 114 valence electrons. The van der Waals surface area contributed by atoms with E-state index >= 15 is 0 Å². The van der Waals surface area contributed by atoms with E-state index in [1.165, 1.54) is 18.0 Å². The zero-order valence-electron chi connectivity index (χ0n) is 12.3. The van der Waals surface area contributed by atoms with Gasteiger partial charge in [-0.2, -0.15) is 0 Å². The third kappa shape index (κ3) is 2.89. The van der Waals surface area contributed by atoms with E-state index < -0.39 is 4.92 Å². The van der Waals surface area contributed by atoms with E-state index in [-0.39, 0.29) is 11.7 Å². The molecule has 7 nitrogen and oxygen atoms in total. The lowest BCUT2D eigenvalue weighted by Gasteiger charge is -2.40. The Morgan fingerprint density at radius 3 is 2.50 bits per heavy atom. The number of piperazine rings is 1. The molecule has 0 N–H and O–H groups in total. The van der Waals surface area contributed by atoms with Gasteiger partial charge in [0.1, 0.15) is 12.4 Å². The second kappa shape index (κ2) is 6.07. The fourth-order valence-electron chi connectivity index (χ4n) is 2.68. The molecule has 1 unspecified atom stereocenters. The smallest absolute Gasteiger partial charge is 0.305 e. The Kier molecular flexibility index (Phi) is 3.97. The largest absolute Gasteiger partial charge is 0.331 e. The van der Waals surface area contributed by atoms with E-state index in [1.807, 2.05) is 18.2 Å². The summed E-state index contributed by atoms with van der Waals surface area (Å²) in [4.78, 5) is 23.0. The van der Waals surface area contributed by atoms with Crippen LogP contribution in [-0.2, 0) is 0 Å². The van der Waals surface area contributed by atoms with Gasteiger partial charge in [-0.1, -0.05) is 30.3 Å². The minimum absolute atomic E-state index is 0.0888. The van der Waals surface area contributed by atoms with Gasteiger partial charge in [0.25, 0.3) is 0 Å². The minimum atomic E-state index is -0.484. The summed E-state index contributed by atoms with van der Waals surface area (Å²) in [6.45, 7) is 2.56. The average Bonchev–Trinajstić information content (AvgIpc) is 2.56. The molecule has 3 rings (SSSR count). The summed E-state index contributed by atoms with van der Waals surface area (Å²) in [6, 6.07) is 10.3. The number of nitrogens with zero attached hydrogens (tertiary/aromatic N) is 5. The van der Waals surface area contributed by atoms with E-state index in [2.05, 4.69) is 38.9 Å². The van der Waals surface area contributed by atoms with Crippen LogP contribution in [0.2, 0.25) is 0 Å². The second-order valence-electron chi connectivity index (χ2n) is 5.38. The minimum Gasteiger partial charge on any atom is -0.331 e. The zero-order chi connectivity index (χ0) is 15.5. The van der Waals surface area contributed by atoms with E-state index in [0.717, 1.165) is 19.6 Å². The summed E-state index contributed by atoms with van der Waals surface area (Å²) < 4.78 is 0. The lowest BCUT2D eigenvalue weighted by Crippen LogP contribution is -2.47. The van der Waals surface area contributed by atoms with Gasteiger partial charge in [-0.25, -0.2) is 9.97 Å². The van der Waals surface area contributed by atoms with Crippen molar-refractivity contribution in [2.45, 2.75) is 6.04 Å². The van der Waals surface area contributed by atoms with Crippen LogP contribution in [0.4, 0.5) is 11.6 Å². The maximum absolute atomic E-state index is 10.7. The Balaban J connectivity index is 1.90. The van der Waals surface area contributed by atoms with E-state index in [1.54, 1.807) is 0 Å². The third-order valence-electron chi connectivity index (χ3n) is 3.86. The molecular weight excluding hydrogens is 282 g/mol. The highest BCUT2D eigenvalue weighted by Crippen LogP contribution is 2.28. The Hall–Kier alpha value is -2.54. The summed E-state index contributed by atoms with van der Waals surface area (Å²) in [7, 11) is 2.09. The first-order valence-electron chi connectivity index (χ1n) is 7.12. The summed E-state index contributed by atoms with van der Waals surface area (Å²) in [6.07, 6.45) is 2.53. The van der Waals surface area contributed by atoms with Crippen molar-refractivity contribution in [3.63, 3.8) is 0 Å². The molecule has 0 aliphatic carbocycles. The SMILES string of the molecule is CN1CCN(c2ncc([N+](=O)[O-])cn2)C(c2ccccc2)C1. The van der Waals surface area contributed by atoms with Crippen molar-refractivity contribution in [2.75, 3.05) is 31.6 Å². The molecule has 2 aromatic rings. The van der Waals surface area contributed by atoms with E-state index in [9.17, 15) is 10.1 Å². The number of benzene rings is 1. The Morgan fingerprint density at radius 2 is 1.86 bits per heavy atom. The first kappa shape index (κ1) is 14.4. The lowest BCUT2D eigenvalue weighted by molar-refractivity contribution is -0.385. The van der Waals surface area contributed by atoms with Gasteiger partial charge in [-0.15, -0.1) is 0 Å². The first-order chi connectivity index (χ1) is 10.6. The van der Waals surface area contributed by atoms with Crippen molar-refractivity contribution in [3.05, 3.63) is 58.4 Å². The lowest BCUT2D eigenvalue weighted by atomic mass is 10.0. The van der Waals surface area contributed by atoms with Gasteiger partial charge >= 0.3 is 5.69 Å². The summed E-state index contributed by atoms with van der Waals surface area (Å²) in [5.41, 5.74) is 1.10. The number of likely N-dealkylation sites (N-methyl/N-ethyl adjacent to an activating group) is 1. The Morgan fingerprint density at radius 1 is 1.18 bits per heavy atom. The molecule has 0 amide bonds. The molecule has 2 heterocycles. The first-order valence-corrected chi connectivity index (χ1v) is 7.12. The molecule has 22 heavy (non-hydrogen) atoms. The highest BCUT2D eigenvalue weighted by atomic mass is 16.6. The van der Waals surface area contributed by atoms with Crippen LogP contribution < -0.4 is 4.90 Å². The molecule has 1 aliphatic heterocycles. The van der Waals surface area contributed by atoms with Crippen molar-refractivity contribution in [1.82, 2.24) is 14.9 Å². The van der Waals surface area contributed by atoms with Gasteiger partial charge in [0.2, 0.25) is 5.95 Å². The topological polar surface area (TPSA) is 75.4 Å². The van der Waals surface area contributed by atoms with Crippen molar-refractivity contribution in [3.8, 4) is 0 Å². The summed E-state index contributed by atoms with van der Waals surface area (Å²) in [5.74, 6) is 0.535. The van der Waals surface area contributed by atoms with E-state index in [4.69, 9.17) is 0 Å². The Labute approximate surface area is 128 Å². The van der Waals surface area contributed by atoms with Crippen LogP contribution >= 0.6 is 0 Å². The standard InChI is InChI=1S/C15H17N5O2/c1-18-7-8-19(14(11-18)12-5-3-2-4-6-12)15-16-9-13(10-17-15)20(21)22/h2-6,9-10,14H,7-8,11H2,1H3. The van der Waals surface area contributed by atoms with Gasteiger partial charge in [-0.05, 0) is 12.6 Å². The molecule has 0 bridgehead atoms. The fourth-order valence-corrected chi connectivity index (χ4v) is 2.68. The quantitative estimate of drug-likeness (QED) is 0.636. The van der Waals surface area contributed by atoms with Gasteiger partial charge in [0.15, 0.2) is 0 Å². The van der Waals surface area contributed by atoms with Gasteiger partial charge in [0.05, 0.1) is 11.0 Å². The highest BCUT2D eigenvalue weighted by molar-refractivity contribution is 5.39.